The van der Waals surface area contributed by atoms with Crippen molar-refractivity contribution < 1.29 is 5.11 Å². The summed E-state index contributed by atoms with van der Waals surface area (Å²) in [4.78, 5) is 0. The van der Waals surface area contributed by atoms with Gasteiger partial charge in [0, 0.05) is 12.0 Å². The van der Waals surface area contributed by atoms with Crippen molar-refractivity contribution in [3.63, 3.8) is 0 Å². The van der Waals surface area contributed by atoms with Crippen LogP contribution in [0.15, 0.2) is 24.3 Å². The highest BCUT2D eigenvalue weighted by molar-refractivity contribution is 5.33. The minimum atomic E-state index is -0.852. The van der Waals surface area contributed by atoms with Crippen molar-refractivity contribution in [2.45, 2.75) is 59.0 Å². The lowest BCUT2D eigenvalue weighted by Gasteiger charge is -2.50. The third-order valence-electron chi connectivity index (χ3n) is 6.02. The van der Waals surface area contributed by atoms with Gasteiger partial charge in [-0.25, -0.2) is 0 Å². The Morgan fingerprint density at radius 3 is 2.33 bits per heavy atom. The van der Waals surface area contributed by atoms with Gasteiger partial charge in [0.25, 0.3) is 0 Å². The monoisotopic (exact) mass is 289 g/mol. The lowest BCUT2D eigenvalue weighted by atomic mass is 9.58. The third-order valence-corrected chi connectivity index (χ3v) is 6.02. The van der Waals surface area contributed by atoms with Gasteiger partial charge >= 0.3 is 0 Å². The number of hydrogen-bond acceptors (Lipinski definition) is 2. The van der Waals surface area contributed by atoms with Gasteiger partial charge in [0.2, 0.25) is 0 Å². The van der Waals surface area contributed by atoms with E-state index in [0.29, 0.717) is 6.54 Å². The van der Waals surface area contributed by atoms with Gasteiger partial charge in [-0.15, -0.1) is 0 Å². The zero-order valence-electron chi connectivity index (χ0n) is 14.0. The van der Waals surface area contributed by atoms with E-state index in [-0.39, 0.29) is 5.41 Å². The molecule has 0 spiro atoms. The molecule has 2 nitrogen and oxygen atoms in total. The van der Waals surface area contributed by atoms with Gasteiger partial charge in [-0.1, -0.05) is 38.1 Å². The summed E-state index contributed by atoms with van der Waals surface area (Å²) in [6, 6.07) is 8.18. The number of benzene rings is 1. The summed E-state index contributed by atoms with van der Waals surface area (Å²) in [5, 5.41) is 11.4. The third kappa shape index (κ3) is 2.89. The maximum Gasteiger partial charge on any atom is 0.0939 e. The number of hydrogen-bond donors (Lipinski definition) is 2. The molecule has 1 saturated carbocycles. The first-order chi connectivity index (χ1) is 9.84. The van der Waals surface area contributed by atoms with Crippen molar-refractivity contribution in [1.82, 2.24) is 0 Å². The topological polar surface area (TPSA) is 46.2 Å². The minimum Gasteiger partial charge on any atom is -0.385 e. The Kier molecular flexibility index (Phi) is 4.79. The normalized spacial score (nSPS) is 29.4. The van der Waals surface area contributed by atoms with Crippen LogP contribution in [0.5, 0.6) is 0 Å². The van der Waals surface area contributed by atoms with Crippen molar-refractivity contribution in [1.29, 1.82) is 0 Å². The molecule has 1 unspecified atom stereocenters. The molecule has 1 fully saturated rings. The first-order valence-corrected chi connectivity index (χ1v) is 8.32. The van der Waals surface area contributed by atoms with Crippen LogP contribution in [0.3, 0.4) is 0 Å². The van der Waals surface area contributed by atoms with Crippen molar-refractivity contribution in [3.8, 4) is 0 Å². The molecule has 21 heavy (non-hydrogen) atoms. The van der Waals surface area contributed by atoms with E-state index in [4.69, 9.17) is 5.73 Å². The lowest BCUT2D eigenvalue weighted by Crippen LogP contribution is -2.51. The predicted molar refractivity (Wildman–Crippen MR) is 89.0 cm³/mol. The second kappa shape index (κ2) is 6.10. The molecule has 0 radical (unpaired) electrons. The molecule has 0 aromatic heterocycles. The molecule has 0 saturated heterocycles. The molecule has 2 heteroatoms. The molecule has 0 amide bonds. The fraction of sp³-hybridized carbons (Fsp3) is 0.684. The van der Waals surface area contributed by atoms with E-state index in [2.05, 4.69) is 32.9 Å². The maximum absolute atomic E-state index is 11.4. The average Bonchev–Trinajstić information content (AvgIpc) is 2.47. The van der Waals surface area contributed by atoms with Gasteiger partial charge in [0.05, 0.1) is 5.60 Å². The first kappa shape index (κ1) is 16.5. The molecule has 0 heterocycles. The van der Waals surface area contributed by atoms with E-state index in [1.165, 1.54) is 12.8 Å². The molecule has 1 aliphatic rings. The molecular formula is C19H31NO. The van der Waals surface area contributed by atoms with Crippen LogP contribution in [-0.4, -0.2) is 11.7 Å². The van der Waals surface area contributed by atoms with E-state index >= 15 is 0 Å². The second-order valence-electron chi connectivity index (χ2n) is 7.45. The summed E-state index contributed by atoms with van der Waals surface area (Å²) in [7, 11) is 0. The summed E-state index contributed by atoms with van der Waals surface area (Å²) in [6.45, 7) is 9.21. The number of nitrogens with two attached hydrogens (primary N) is 1. The molecule has 0 bridgehead atoms. The highest BCUT2D eigenvalue weighted by Gasteiger charge is 2.49. The summed E-state index contributed by atoms with van der Waals surface area (Å²) in [6.07, 6.45) is 4.40. The van der Waals surface area contributed by atoms with Crippen molar-refractivity contribution in [2.75, 3.05) is 6.54 Å². The largest absolute Gasteiger partial charge is 0.385 e. The fourth-order valence-corrected chi connectivity index (χ4v) is 4.15. The fourth-order valence-electron chi connectivity index (χ4n) is 4.15. The molecule has 3 N–H and O–H groups in total. The number of aliphatic hydroxyl groups is 1. The molecule has 1 aromatic rings. The highest BCUT2D eigenvalue weighted by atomic mass is 16.3. The Balaban J connectivity index is 2.30. The Morgan fingerprint density at radius 1 is 1.29 bits per heavy atom. The van der Waals surface area contributed by atoms with E-state index < -0.39 is 5.60 Å². The summed E-state index contributed by atoms with van der Waals surface area (Å²) < 4.78 is 0. The standard InChI is InChI=1S/C19H31NO/c1-14(2)16-9-11-19(13-20,12-10-16)18(4,21)17-8-6-5-7-15(17)3/h5-8,14,16,21H,9-13,20H2,1-4H3. The van der Waals surface area contributed by atoms with Crippen LogP contribution in [0, 0.1) is 24.2 Å². The lowest BCUT2D eigenvalue weighted by molar-refractivity contribution is -0.101. The maximum atomic E-state index is 11.4. The van der Waals surface area contributed by atoms with Crippen molar-refractivity contribution in [3.05, 3.63) is 35.4 Å². The van der Waals surface area contributed by atoms with Crippen LogP contribution in [0.1, 0.15) is 57.6 Å². The van der Waals surface area contributed by atoms with Crippen LogP contribution >= 0.6 is 0 Å². The minimum absolute atomic E-state index is 0.190. The molecular weight excluding hydrogens is 258 g/mol. The first-order valence-electron chi connectivity index (χ1n) is 8.32. The molecule has 118 valence electrons. The Hall–Kier alpha value is -0.860. The van der Waals surface area contributed by atoms with Crippen LogP contribution in [0.4, 0.5) is 0 Å². The predicted octanol–water partition coefficient (Wildman–Crippen LogP) is 3.99. The van der Waals surface area contributed by atoms with Gasteiger partial charge in [-0.2, -0.15) is 0 Å². The molecule has 1 atom stereocenters. The molecule has 1 aromatic carbocycles. The number of rotatable bonds is 4. The zero-order valence-corrected chi connectivity index (χ0v) is 14.0. The van der Waals surface area contributed by atoms with Gasteiger partial charge < -0.3 is 10.8 Å². The average molecular weight is 289 g/mol. The van der Waals surface area contributed by atoms with Crippen LogP contribution in [0.25, 0.3) is 0 Å². The quantitative estimate of drug-likeness (QED) is 0.880. The molecule has 1 aliphatic carbocycles. The van der Waals surface area contributed by atoms with Crippen molar-refractivity contribution in [2.24, 2.45) is 23.0 Å². The highest BCUT2D eigenvalue weighted by Crippen LogP contribution is 2.51. The van der Waals surface area contributed by atoms with E-state index in [1.807, 2.05) is 19.1 Å². The van der Waals surface area contributed by atoms with E-state index in [1.54, 1.807) is 0 Å². The second-order valence-corrected chi connectivity index (χ2v) is 7.45. The number of aryl methyl sites for hydroxylation is 1. The summed E-state index contributed by atoms with van der Waals surface area (Å²) in [5.41, 5.74) is 7.33. The van der Waals surface area contributed by atoms with Gasteiger partial charge in [-0.3, -0.25) is 0 Å². The zero-order chi connectivity index (χ0) is 15.7. The van der Waals surface area contributed by atoms with E-state index in [0.717, 1.165) is 35.8 Å². The smallest absolute Gasteiger partial charge is 0.0939 e. The SMILES string of the molecule is Cc1ccccc1C(C)(O)C1(CN)CCC(C(C)C)CC1. The van der Waals surface area contributed by atoms with Crippen LogP contribution in [0.2, 0.25) is 0 Å². The van der Waals surface area contributed by atoms with Crippen LogP contribution in [-0.2, 0) is 5.60 Å². The molecule has 2 rings (SSSR count). The summed E-state index contributed by atoms with van der Waals surface area (Å²) in [5.74, 6) is 1.50. The van der Waals surface area contributed by atoms with Gasteiger partial charge in [0.1, 0.15) is 0 Å². The summed E-state index contributed by atoms with van der Waals surface area (Å²) >= 11 is 0. The van der Waals surface area contributed by atoms with Crippen LogP contribution < -0.4 is 5.73 Å². The van der Waals surface area contributed by atoms with Gasteiger partial charge in [0.15, 0.2) is 0 Å². The van der Waals surface area contributed by atoms with Gasteiger partial charge in [-0.05, 0) is 62.5 Å². The Bertz CT molecular complexity index is 470. The van der Waals surface area contributed by atoms with Crippen molar-refractivity contribution >= 4 is 0 Å². The Morgan fingerprint density at radius 2 is 1.86 bits per heavy atom. The van der Waals surface area contributed by atoms with E-state index in [9.17, 15) is 5.11 Å². The molecule has 0 aliphatic heterocycles. The Labute approximate surface area is 129 Å².